The van der Waals surface area contributed by atoms with Gasteiger partial charge in [0.1, 0.15) is 5.82 Å². The molecular weight excluding hydrogens is 273 g/mol. The summed E-state index contributed by atoms with van der Waals surface area (Å²) in [6.45, 7) is 2.70. The molecule has 3 rings (SSSR count). The number of nitrogens with one attached hydrogen (secondary N) is 1. The molecule has 0 radical (unpaired) electrons. The molecule has 0 amide bonds. The Morgan fingerprint density at radius 1 is 1.40 bits per heavy atom. The second-order valence-electron chi connectivity index (χ2n) is 5.26. The molecular formula is C15H18FN3S. The Labute approximate surface area is 122 Å². The van der Waals surface area contributed by atoms with Gasteiger partial charge in [-0.3, -0.25) is 4.68 Å². The number of aryl methyl sites for hydroxylation is 2. The number of hydrogen-bond acceptors (Lipinski definition) is 3. The Hall–Kier alpha value is -1.33. The van der Waals surface area contributed by atoms with Crippen LogP contribution in [0.25, 0.3) is 0 Å². The quantitative estimate of drug-likeness (QED) is 0.917. The van der Waals surface area contributed by atoms with Gasteiger partial charge in [0, 0.05) is 24.5 Å². The molecule has 0 bridgehead atoms. The van der Waals surface area contributed by atoms with Gasteiger partial charge in [-0.2, -0.15) is 5.10 Å². The Balaban J connectivity index is 1.81. The summed E-state index contributed by atoms with van der Waals surface area (Å²) in [4.78, 5) is 1.09. The lowest BCUT2D eigenvalue weighted by Crippen LogP contribution is -2.16. The fourth-order valence-corrected chi connectivity index (χ4v) is 3.15. The molecule has 0 aliphatic heterocycles. The van der Waals surface area contributed by atoms with E-state index in [9.17, 15) is 4.39 Å². The highest BCUT2D eigenvalue weighted by molar-refractivity contribution is 7.99. The molecule has 1 aliphatic rings. The molecule has 5 heteroatoms. The van der Waals surface area contributed by atoms with Crippen LogP contribution < -0.4 is 5.32 Å². The molecule has 1 fully saturated rings. The second kappa shape index (κ2) is 5.58. The van der Waals surface area contributed by atoms with E-state index in [0.717, 1.165) is 27.7 Å². The third-order valence-corrected chi connectivity index (χ3v) is 4.56. The van der Waals surface area contributed by atoms with Gasteiger partial charge in [0.2, 0.25) is 0 Å². The lowest BCUT2D eigenvalue weighted by molar-refractivity contribution is 0.615. The van der Waals surface area contributed by atoms with Crippen LogP contribution in [0.3, 0.4) is 0 Å². The van der Waals surface area contributed by atoms with Gasteiger partial charge < -0.3 is 5.32 Å². The van der Waals surface area contributed by atoms with Crippen molar-refractivity contribution in [1.29, 1.82) is 0 Å². The van der Waals surface area contributed by atoms with Crippen molar-refractivity contribution in [3.8, 4) is 0 Å². The standard InChI is InChI=1S/C15H18FN3S/c1-10-7-15(19(2)18-10)20-14-6-3-12(16)8-11(14)9-17-13-4-5-13/h3,6-8,13,17H,4-5,9H2,1-2H3. The van der Waals surface area contributed by atoms with Crippen LogP contribution in [0, 0.1) is 12.7 Å². The normalized spacial score (nSPS) is 14.8. The summed E-state index contributed by atoms with van der Waals surface area (Å²) in [7, 11) is 1.93. The van der Waals surface area contributed by atoms with Gasteiger partial charge in [-0.05, 0) is 49.6 Å². The summed E-state index contributed by atoms with van der Waals surface area (Å²) >= 11 is 1.64. The third kappa shape index (κ3) is 3.22. The lowest BCUT2D eigenvalue weighted by Gasteiger charge is -2.10. The number of benzene rings is 1. The van der Waals surface area contributed by atoms with Gasteiger partial charge in [-0.1, -0.05) is 11.8 Å². The molecule has 1 aliphatic carbocycles. The van der Waals surface area contributed by atoms with Gasteiger partial charge in [0.05, 0.1) is 10.7 Å². The van der Waals surface area contributed by atoms with Crippen LogP contribution in [0.5, 0.6) is 0 Å². The van der Waals surface area contributed by atoms with Crippen molar-refractivity contribution in [2.45, 2.75) is 42.3 Å². The van der Waals surface area contributed by atoms with Crippen LogP contribution in [-0.2, 0) is 13.6 Å². The van der Waals surface area contributed by atoms with E-state index in [1.807, 2.05) is 30.8 Å². The molecule has 1 heterocycles. The number of hydrogen-bond donors (Lipinski definition) is 1. The van der Waals surface area contributed by atoms with Gasteiger partial charge in [0.15, 0.2) is 0 Å². The Morgan fingerprint density at radius 2 is 2.20 bits per heavy atom. The van der Waals surface area contributed by atoms with E-state index >= 15 is 0 Å². The zero-order valence-electron chi connectivity index (χ0n) is 11.7. The van der Waals surface area contributed by atoms with Crippen LogP contribution in [-0.4, -0.2) is 15.8 Å². The highest BCUT2D eigenvalue weighted by atomic mass is 32.2. The molecule has 2 aromatic rings. The molecule has 1 saturated carbocycles. The van der Waals surface area contributed by atoms with Crippen LogP contribution in [0.2, 0.25) is 0 Å². The van der Waals surface area contributed by atoms with E-state index in [1.165, 1.54) is 18.9 Å². The van der Waals surface area contributed by atoms with Gasteiger partial charge in [-0.25, -0.2) is 4.39 Å². The SMILES string of the molecule is Cc1cc(Sc2ccc(F)cc2CNC2CC2)n(C)n1. The average Bonchev–Trinajstić information content (AvgIpc) is 3.16. The summed E-state index contributed by atoms with van der Waals surface area (Å²) in [6.07, 6.45) is 2.47. The summed E-state index contributed by atoms with van der Waals surface area (Å²) in [5.41, 5.74) is 2.01. The third-order valence-electron chi connectivity index (χ3n) is 3.35. The monoisotopic (exact) mass is 291 g/mol. The van der Waals surface area contributed by atoms with Crippen molar-refractivity contribution in [1.82, 2.24) is 15.1 Å². The number of rotatable bonds is 5. The van der Waals surface area contributed by atoms with E-state index in [1.54, 1.807) is 17.8 Å². The molecule has 0 saturated heterocycles. The summed E-state index contributed by atoms with van der Waals surface area (Å²) in [5.74, 6) is -0.178. The molecule has 1 N–H and O–H groups in total. The molecule has 3 nitrogen and oxygen atoms in total. The van der Waals surface area contributed by atoms with Crippen LogP contribution >= 0.6 is 11.8 Å². The molecule has 1 aromatic carbocycles. The van der Waals surface area contributed by atoms with Crippen molar-refractivity contribution in [3.63, 3.8) is 0 Å². The Morgan fingerprint density at radius 3 is 2.85 bits per heavy atom. The minimum atomic E-state index is -0.178. The maximum absolute atomic E-state index is 13.5. The molecule has 20 heavy (non-hydrogen) atoms. The Bertz CT molecular complexity index is 620. The number of nitrogens with zero attached hydrogens (tertiary/aromatic N) is 2. The molecule has 0 spiro atoms. The van der Waals surface area contributed by atoms with E-state index in [0.29, 0.717) is 6.04 Å². The summed E-state index contributed by atoms with van der Waals surface area (Å²) in [6, 6.07) is 7.67. The first-order chi connectivity index (χ1) is 9.61. The number of aromatic nitrogens is 2. The second-order valence-corrected chi connectivity index (χ2v) is 6.32. The summed E-state index contributed by atoms with van der Waals surface area (Å²) < 4.78 is 15.3. The molecule has 0 atom stereocenters. The van der Waals surface area contributed by atoms with Crippen molar-refractivity contribution < 1.29 is 4.39 Å². The average molecular weight is 291 g/mol. The van der Waals surface area contributed by atoms with Crippen molar-refractivity contribution >= 4 is 11.8 Å². The smallest absolute Gasteiger partial charge is 0.123 e. The highest BCUT2D eigenvalue weighted by Gasteiger charge is 2.20. The summed E-state index contributed by atoms with van der Waals surface area (Å²) in [5, 5.41) is 8.86. The largest absolute Gasteiger partial charge is 0.310 e. The van der Waals surface area contributed by atoms with Crippen LogP contribution in [0.1, 0.15) is 24.1 Å². The maximum Gasteiger partial charge on any atom is 0.123 e. The first-order valence-electron chi connectivity index (χ1n) is 6.82. The van der Waals surface area contributed by atoms with E-state index in [4.69, 9.17) is 0 Å². The van der Waals surface area contributed by atoms with Gasteiger partial charge in [-0.15, -0.1) is 0 Å². The van der Waals surface area contributed by atoms with Crippen LogP contribution in [0.4, 0.5) is 4.39 Å². The first kappa shape index (κ1) is 13.6. The fraction of sp³-hybridized carbons (Fsp3) is 0.400. The zero-order valence-corrected chi connectivity index (χ0v) is 12.5. The highest BCUT2D eigenvalue weighted by Crippen LogP contribution is 2.31. The minimum absolute atomic E-state index is 0.178. The Kier molecular flexibility index (Phi) is 3.81. The van der Waals surface area contributed by atoms with Crippen molar-refractivity contribution in [2.75, 3.05) is 0 Å². The topological polar surface area (TPSA) is 29.9 Å². The van der Waals surface area contributed by atoms with Gasteiger partial charge >= 0.3 is 0 Å². The van der Waals surface area contributed by atoms with Crippen molar-refractivity contribution in [3.05, 3.63) is 41.3 Å². The van der Waals surface area contributed by atoms with Gasteiger partial charge in [0.25, 0.3) is 0 Å². The van der Waals surface area contributed by atoms with E-state index in [2.05, 4.69) is 10.4 Å². The number of halogens is 1. The zero-order chi connectivity index (χ0) is 14.1. The maximum atomic E-state index is 13.5. The predicted octanol–water partition coefficient (Wildman–Crippen LogP) is 3.27. The molecule has 0 unspecified atom stereocenters. The minimum Gasteiger partial charge on any atom is -0.310 e. The molecule has 106 valence electrons. The fourth-order valence-electron chi connectivity index (χ4n) is 2.12. The lowest BCUT2D eigenvalue weighted by atomic mass is 10.2. The van der Waals surface area contributed by atoms with Crippen LogP contribution in [0.15, 0.2) is 34.2 Å². The van der Waals surface area contributed by atoms with Crippen molar-refractivity contribution in [2.24, 2.45) is 7.05 Å². The molecule has 1 aromatic heterocycles. The predicted molar refractivity (Wildman–Crippen MR) is 78.3 cm³/mol. The first-order valence-corrected chi connectivity index (χ1v) is 7.64. The van der Waals surface area contributed by atoms with E-state index < -0.39 is 0 Å². The van der Waals surface area contributed by atoms with E-state index in [-0.39, 0.29) is 5.82 Å².